The molecule has 0 radical (unpaired) electrons. The van der Waals surface area contributed by atoms with Gasteiger partial charge in [-0.05, 0) is 39.8 Å². The number of para-hydroxylation sites is 1. The molecule has 20 heavy (non-hydrogen) atoms. The van der Waals surface area contributed by atoms with Gasteiger partial charge in [-0.25, -0.2) is 13.6 Å². The molecule has 0 fully saturated rings. The van der Waals surface area contributed by atoms with E-state index in [1.165, 1.54) is 18.2 Å². The smallest absolute Gasteiger partial charge is 0.407 e. The Morgan fingerprint density at radius 2 is 1.85 bits per heavy atom. The lowest BCUT2D eigenvalue weighted by atomic mass is 10.2. The summed E-state index contributed by atoms with van der Waals surface area (Å²) in [6.07, 6.45) is -0.569. The third kappa shape index (κ3) is 5.42. The van der Waals surface area contributed by atoms with Crippen molar-refractivity contribution in [3.63, 3.8) is 0 Å². The van der Waals surface area contributed by atoms with Crippen LogP contribution in [0.3, 0.4) is 0 Å². The molecule has 1 amide bonds. The average molecular weight is 286 g/mol. The third-order valence-electron chi connectivity index (χ3n) is 2.30. The van der Waals surface area contributed by atoms with E-state index in [-0.39, 0.29) is 18.3 Å². The fraction of sp³-hybridized carbons (Fsp3) is 0.500. The van der Waals surface area contributed by atoms with Gasteiger partial charge in [-0.15, -0.1) is 0 Å². The van der Waals surface area contributed by atoms with Gasteiger partial charge >= 0.3 is 6.09 Å². The maximum atomic E-state index is 13.4. The van der Waals surface area contributed by atoms with Gasteiger partial charge in [0, 0.05) is 12.6 Å². The van der Waals surface area contributed by atoms with E-state index in [9.17, 15) is 13.6 Å². The maximum Gasteiger partial charge on any atom is 0.407 e. The van der Waals surface area contributed by atoms with Gasteiger partial charge in [-0.2, -0.15) is 0 Å². The van der Waals surface area contributed by atoms with Crippen LogP contribution in [0, 0.1) is 11.6 Å². The number of alkyl carbamates (subject to hydrolysis) is 1. The number of carbonyl (C=O) groups is 1. The van der Waals surface area contributed by atoms with E-state index in [1.54, 1.807) is 27.7 Å². The lowest BCUT2D eigenvalue weighted by molar-refractivity contribution is 0.0526. The normalized spacial score (nSPS) is 12.7. The third-order valence-corrected chi connectivity index (χ3v) is 2.30. The van der Waals surface area contributed by atoms with Crippen molar-refractivity contribution >= 4 is 11.8 Å². The highest BCUT2D eigenvalue weighted by Crippen LogP contribution is 2.18. The molecule has 0 aliphatic carbocycles. The lowest BCUT2D eigenvalue weighted by Gasteiger charge is -2.21. The van der Waals surface area contributed by atoms with Gasteiger partial charge in [0.15, 0.2) is 0 Å². The highest BCUT2D eigenvalue weighted by atomic mass is 19.1. The summed E-state index contributed by atoms with van der Waals surface area (Å²) in [6, 6.07) is 3.27. The first kappa shape index (κ1) is 16.2. The molecule has 0 saturated heterocycles. The highest BCUT2D eigenvalue weighted by molar-refractivity contribution is 5.67. The summed E-state index contributed by atoms with van der Waals surface area (Å²) in [7, 11) is 0. The molecule has 0 spiro atoms. The van der Waals surface area contributed by atoms with Gasteiger partial charge in [0.2, 0.25) is 0 Å². The second-order valence-corrected chi connectivity index (χ2v) is 5.52. The fourth-order valence-electron chi connectivity index (χ4n) is 1.48. The zero-order chi connectivity index (χ0) is 15.3. The zero-order valence-corrected chi connectivity index (χ0v) is 12.1. The van der Waals surface area contributed by atoms with Gasteiger partial charge in [-0.1, -0.05) is 6.07 Å². The fourth-order valence-corrected chi connectivity index (χ4v) is 1.48. The quantitative estimate of drug-likeness (QED) is 0.893. The van der Waals surface area contributed by atoms with Gasteiger partial charge in [0.1, 0.15) is 22.9 Å². The average Bonchev–Trinajstić information content (AvgIpc) is 2.29. The molecule has 1 unspecified atom stereocenters. The Hall–Kier alpha value is -1.85. The number of benzene rings is 1. The van der Waals surface area contributed by atoms with Gasteiger partial charge in [0.05, 0.1) is 0 Å². The molecule has 1 aromatic rings. The topological polar surface area (TPSA) is 50.4 Å². The summed E-state index contributed by atoms with van der Waals surface area (Å²) in [5.41, 5.74) is -0.788. The van der Waals surface area contributed by atoms with Crippen LogP contribution in [0.5, 0.6) is 0 Å². The van der Waals surface area contributed by atoms with Crippen molar-refractivity contribution in [2.75, 3.05) is 11.9 Å². The van der Waals surface area contributed by atoms with Crippen LogP contribution < -0.4 is 10.6 Å². The molecule has 1 rings (SSSR count). The minimum atomic E-state index is -0.672. The number of nitrogens with one attached hydrogen (secondary N) is 2. The minimum Gasteiger partial charge on any atom is -0.444 e. The molecular formula is C14H20F2N2O2. The first-order valence-corrected chi connectivity index (χ1v) is 6.36. The van der Waals surface area contributed by atoms with Crippen LogP contribution in [0.1, 0.15) is 27.7 Å². The van der Waals surface area contributed by atoms with Gasteiger partial charge in [0.25, 0.3) is 0 Å². The van der Waals surface area contributed by atoms with Crippen molar-refractivity contribution in [1.29, 1.82) is 0 Å². The van der Waals surface area contributed by atoms with Crippen LogP contribution in [0.25, 0.3) is 0 Å². The molecule has 0 aromatic heterocycles. The van der Waals surface area contributed by atoms with E-state index in [2.05, 4.69) is 10.6 Å². The standard InChI is InChI=1S/C14H20F2N2O2/c1-9(8-17-13(19)20-14(2,3)4)18-12-10(15)6-5-7-11(12)16/h5-7,9,18H,8H2,1-4H3,(H,17,19). The van der Waals surface area contributed by atoms with Crippen molar-refractivity contribution in [2.45, 2.75) is 39.3 Å². The van der Waals surface area contributed by atoms with Crippen LogP contribution >= 0.6 is 0 Å². The summed E-state index contributed by atoms with van der Waals surface area (Å²) in [4.78, 5) is 11.4. The Balaban J connectivity index is 2.48. The van der Waals surface area contributed by atoms with E-state index < -0.39 is 23.3 Å². The molecule has 0 bridgehead atoms. The van der Waals surface area contributed by atoms with Gasteiger partial charge < -0.3 is 15.4 Å². The van der Waals surface area contributed by atoms with Crippen LogP contribution in [0.2, 0.25) is 0 Å². The Morgan fingerprint density at radius 1 is 1.30 bits per heavy atom. The maximum absolute atomic E-state index is 13.4. The minimum absolute atomic E-state index is 0.183. The Kier molecular flexibility index (Phi) is 5.30. The van der Waals surface area contributed by atoms with Crippen LogP contribution in [0.4, 0.5) is 19.3 Å². The molecule has 112 valence electrons. The van der Waals surface area contributed by atoms with E-state index in [1.807, 2.05) is 0 Å². The summed E-state index contributed by atoms with van der Waals surface area (Å²) in [5.74, 6) is -1.34. The molecule has 4 nitrogen and oxygen atoms in total. The lowest BCUT2D eigenvalue weighted by Crippen LogP contribution is -2.38. The molecule has 1 aromatic carbocycles. The molecule has 1 atom stereocenters. The van der Waals surface area contributed by atoms with Crippen LogP contribution in [-0.4, -0.2) is 24.3 Å². The van der Waals surface area contributed by atoms with E-state index in [0.717, 1.165) is 0 Å². The van der Waals surface area contributed by atoms with Crippen molar-refractivity contribution in [3.8, 4) is 0 Å². The number of hydrogen-bond donors (Lipinski definition) is 2. The number of ether oxygens (including phenoxy) is 1. The monoisotopic (exact) mass is 286 g/mol. The van der Waals surface area contributed by atoms with E-state index in [0.29, 0.717) is 0 Å². The zero-order valence-electron chi connectivity index (χ0n) is 12.1. The van der Waals surface area contributed by atoms with Crippen molar-refractivity contribution in [3.05, 3.63) is 29.8 Å². The van der Waals surface area contributed by atoms with E-state index in [4.69, 9.17) is 4.74 Å². The Bertz CT molecular complexity index is 452. The predicted octanol–water partition coefficient (Wildman–Crippen LogP) is 3.29. The van der Waals surface area contributed by atoms with Crippen molar-refractivity contribution < 1.29 is 18.3 Å². The molecule has 6 heteroatoms. The molecule has 0 aliphatic heterocycles. The number of rotatable bonds is 4. The highest BCUT2D eigenvalue weighted by Gasteiger charge is 2.17. The number of hydrogen-bond acceptors (Lipinski definition) is 3. The number of halogens is 2. The number of amides is 1. The SMILES string of the molecule is CC(CNC(=O)OC(C)(C)C)Nc1c(F)cccc1F. The predicted molar refractivity (Wildman–Crippen MR) is 73.7 cm³/mol. The van der Waals surface area contributed by atoms with Crippen LogP contribution in [0.15, 0.2) is 18.2 Å². The first-order valence-electron chi connectivity index (χ1n) is 6.36. The summed E-state index contributed by atoms with van der Waals surface area (Å²) < 4.78 is 31.9. The first-order chi connectivity index (χ1) is 9.19. The largest absolute Gasteiger partial charge is 0.444 e. The second kappa shape index (κ2) is 6.54. The van der Waals surface area contributed by atoms with Crippen LogP contribution in [-0.2, 0) is 4.74 Å². The molecule has 2 N–H and O–H groups in total. The number of carbonyl (C=O) groups excluding carboxylic acids is 1. The van der Waals surface area contributed by atoms with Gasteiger partial charge in [-0.3, -0.25) is 0 Å². The van der Waals surface area contributed by atoms with E-state index >= 15 is 0 Å². The molecule has 0 aliphatic rings. The van der Waals surface area contributed by atoms with Crippen molar-refractivity contribution in [1.82, 2.24) is 5.32 Å². The van der Waals surface area contributed by atoms with Crippen molar-refractivity contribution in [2.24, 2.45) is 0 Å². The second-order valence-electron chi connectivity index (χ2n) is 5.52. The molecule has 0 saturated carbocycles. The number of anilines is 1. The summed E-state index contributed by atoms with van der Waals surface area (Å²) in [6.45, 7) is 7.14. The molecule has 0 heterocycles. The Morgan fingerprint density at radius 3 is 2.35 bits per heavy atom. The summed E-state index contributed by atoms with van der Waals surface area (Å²) in [5, 5.41) is 5.21. The molecular weight excluding hydrogens is 266 g/mol. The summed E-state index contributed by atoms with van der Waals surface area (Å²) >= 11 is 0. The Labute approximate surface area is 117 Å².